The highest BCUT2D eigenvalue weighted by molar-refractivity contribution is 7.84. The molecule has 0 aromatic heterocycles. The molecular formula is C24H30N3OS-. The highest BCUT2D eigenvalue weighted by atomic mass is 32.2. The summed E-state index contributed by atoms with van der Waals surface area (Å²) in [4.78, 5) is 0. The van der Waals surface area contributed by atoms with Crippen molar-refractivity contribution in [3.8, 4) is 6.07 Å². The molecule has 4 nitrogen and oxygen atoms in total. The van der Waals surface area contributed by atoms with Crippen LogP contribution in [0.4, 0.5) is 5.69 Å². The number of nitrogens with zero attached hydrogens (tertiary/aromatic N) is 1. The van der Waals surface area contributed by atoms with Crippen molar-refractivity contribution in [1.82, 2.24) is 5.32 Å². The van der Waals surface area contributed by atoms with Gasteiger partial charge in [-0.3, -0.25) is 10.4 Å². The van der Waals surface area contributed by atoms with Crippen LogP contribution in [0.1, 0.15) is 63.1 Å². The summed E-state index contributed by atoms with van der Waals surface area (Å²) in [5.41, 5.74) is 10.7. The molecule has 154 valence electrons. The lowest BCUT2D eigenvalue weighted by atomic mass is 9.78. The number of nitrogen functional groups attached to an aromatic ring is 1. The molecule has 0 saturated heterocycles. The Balaban J connectivity index is 2.13. The molecule has 0 radical (unpaired) electrons. The van der Waals surface area contributed by atoms with E-state index in [9.17, 15) is 9.47 Å². The maximum absolute atomic E-state index is 12.8. The van der Waals surface area contributed by atoms with E-state index in [4.69, 9.17) is 5.73 Å². The summed E-state index contributed by atoms with van der Waals surface area (Å²) >= 11 is 0. The second-order valence-corrected chi connectivity index (χ2v) is 10.9. The standard InChI is InChI=1S/C24H30N3OS/c1-23(2,3)29(28)17-27-24(14-13-18-7-8-18,21-5-4-6-22(26)15-21)20-11-9-19(16-25)10-12-20/h4-6,9-12,15,17-18,27H,7-8,13-14,26H2,1-3H3/q-1. The minimum Gasteiger partial charge on any atom is -0.460 e. The topological polar surface area (TPSA) is 78.9 Å². The number of hydrogen-bond acceptors (Lipinski definition) is 4. The summed E-state index contributed by atoms with van der Waals surface area (Å²) in [5.74, 6) is 0.753. The second kappa shape index (κ2) is 8.61. The van der Waals surface area contributed by atoms with E-state index in [-0.39, 0.29) is 4.75 Å². The first-order valence-electron chi connectivity index (χ1n) is 10.1. The maximum Gasteiger partial charge on any atom is 0.0991 e. The lowest BCUT2D eigenvalue weighted by Gasteiger charge is -2.38. The van der Waals surface area contributed by atoms with Crippen LogP contribution in [0.25, 0.3) is 0 Å². The Labute approximate surface area is 176 Å². The molecule has 0 aliphatic heterocycles. The van der Waals surface area contributed by atoms with Gasteiger partial charge < -0.3 is 15.3 Å². The molecule has 3 N–H and O–H groups in total. The van der Waals surface area contributed by atoms with Crippen LogP contribution in [0.2, 0.25) is 0 Å². The van der Waals surface area contributed by atoms with Gasteiger partial charge in [-0.15, -0.1) is 5.49 Å². The molecule has 1 unspecified atom stereocenters. The third kappa shape index (κ3) is 5.20. The fourth-order valence-corrected chi connectivity index (χ4v) is 4.15. The zero-order valence-corrected chi connectivity index (χ0v) is 18.3. The number of rotatable bonds is 7. The van der Waals surface area contributed by atoms with Gasteiger partial charge in [0, 0.05) is 5.69 Å². The Morgan fingerprint density at radius 1 is 1.17 bits per heavy atom. The van der Waals surface area contributed by atoms with Gasteiger partial charge in [-0.2, -0.15) is 5.26 Å². The normalized spacial score (nSPS) is 17.4. The highest BCUT2D eigenvalue weighted by Crippen LogP contribution is 2.41. The minimum absolute atomic E-state index is 0.352. The molecule has 1 aliphatic rings. The summed E-state index contributed by atoms with van der Waals surface area (Å²) in [6.45, 7) is 5.90. The average molecular weight is 409 g/mol. The highest BCUT2D eigenvalue weighted by Gasteiger charge is 2.35. The number of hydrogen-bond donors (Lipinski definition) is 2. The predicted octanol–water partition coefficient (Wildman–Crippen LogP) is 4.69. The Morgan fingerprint density at radius 2 is 1.86 bits per heavy atom. The summed E-state index contributed by atoms with van der Waals surface area (Å²) in [6.07, 6.45) is 4.50. The quantitative estimate of drug-likeness (QED) is 0.396. The minimum atomic E-state index is -1.16. The first kappa shape index (κ1) is 21.4. The average Bonchev–Trinajstić information content (AvgIpc) is 3.52. The van der Waals surface area contributed by atoms with E-state index < -0.39 is 15.9 Å². The third-order valence-electron chi connectivity index (χ3n) is 5.53. The van der Waals surface area contributed by atoms with Crippen molar-refractivity contribution in [3.63, 3.8) is 0 Å². The largest absolute Gasteiger partial charge is 0.460 e. The predicted molar refractivity (Wildman–Crippen MR) is 122 cm³/mol. The van der Waals surface area contributed by atoms with Gasteiger partial charge in [0.15, 0.2) is 0 Å². The second-order valence-electron chi connectivity index (χ2n) is 8.87. The molecule has 1 aliphatic carbocycles. The van der Waals surface area contributed by atoms with Crippen LogP contribution >= 0.6 is 0 Å². The lowest BCUT2D eigenvalue weighted by molar-refractivity contribution is 0.416. The Kier molecular flexibility index (Phi) is 6.36. The monoisotopic (exact) mass is 408 g/mol. The number of nitriles is 1. The molecule has 2 aromatic rings. The first-order chi connectivity index (χ1) is 13.7. The molecule has 1 atom stereocenters. The molecule has 5 heteroatoms. The molecule has 0 bridgehead atoms. The fourth-order valence-electron chi connectivity index (χ4n) is 3.49. The van der Waals surface area contributed by atoms with E-state index in [0.29, 0.717) is 11.3 Å². The summed E-state index contributed by atoms with van der Waals surface area (Å²) in [6, 6.07) is 17.8. The van der Waals surface area contributed by atoms with E-state index in [1.54, 1.807) is 5.49 Å². The van der Waals surface area contributed by atoms with E-state index in [1.807, 2.05) is 63.2 Å². The van der Waals surface area contributed by atoms with Gasteiger partial charge in [0.25, 0.3) is 0 Å². The van der Waals surface area contributed by atoms with Crippen LogP contribution in [0, 0.1) is 17.2 Å². The molecule has 0 amide bonds. The van der Waals surface area contributed by atoms with Crippen molar-refractivity contribution in [1.29, 1.82) is 5.26 Å². The van der Waals surface area contributed by atoms with Gasteiger partial charge in [-0.05, 0) is 54.2 Å². The van der Waals surface area contributed by atoms with Gasteiger partial charge in [0.1, 0.15) is 0 Å². The van der Waals surface area contributed by atoms with Crippen LogP contribution in [0.15, 0.2) is 48.5 Å². The van der Waals surface area contributed by atoms with Gasteiger partial charge in [-0.25, -0.2) is 0 Å². The maximum atomic E-state index is 12.8. The van der Waals surface area contributed by atoms with Crippen molar-refractivity contribution < 1.29 is 4.21 Å². The lowest BCUT2D eigenvalue weighted by Crippen LogP contribution is -2.44. The zero-order chi connectivity index (χ0) is 21.1. The molecule has 29 heavy (non-hydrogen) atoms. The van der Waals surface area contributed by atoms with E-state index in [0.717, 1.165) is 29.9 Å². The van der Waals surface area contributed by atoms with Crippen molar-refractivity contribution in [2.24, 2.45) is 5.92 Å². The Morgan fingerprint density at radius 3 is 2.41 bits per heavy atom. The number of benzene rings is 2. The van der Waals surface area contributed by atoms with Gasteiger partial charge in [0.2, 0.25) is 0 Å². The molecule has 2 aromatic carbocycles. The third-order valence-corrected chi connectivity index (χ3v) is 7.07. The van der Waals surface area contributed by atoms with Gasteiger partial charge in [0.05, 0.1) is 17.2 Å². The number of nitrogens with one attached hydrogen (secondary N) is 1. The molecular weight excluding hydrogens is 378 g/mol. The Hall–Kier alpha value is -2.29. The summed E-state index contributed by atoms with van der Waals surface area (Å²) < 4.78 is 12.5. The van der Waals surface area contributed by atoms with Crippen LogP contribution in [0.3, 0.4) is 0 Å². The molecule has 3 rings (SSSR count). The van der Waals surface area contributed by atoms with Gasteiger partial charge >= 0.3 is 0 Å². The van der Waals surface area contributed by atoms with Crippen molar-refractivity contribution >= 4 is 21.6 Å². The van der Waals surface area contributed by atoms with E-state index >= 15 is 0 Å². The van der Waals surface area contributed by atoms with Crippen LogP contribution in [-0.2, 0) is 20.1 Å². The van der Waals surface area contributed by atoms with E-state index in [2.05, 4.69) is 17.5 Å². The molecule has 1 saturated carbocycles. The number of anilines is 1. The van der Waals surface area contributed by atoms with Crippen LogP contribution in [0.5, 0.6) is 0 Å². The summed E-state index contributed by atoms with van der Waals surface area (Å²) in [7, 11) is -1.16. The van der Waals surface area contributed by atoms with Crippen molar-refractivity contribution in [3.05, 3.63) is 65.2 Å². The van der Waals surface area contributed by atoms with Crippen LogP contribution in [-0.4, -0.2) is 10.2 Å². The van der Waals surface area contributed by atoms with Gasteiger partial charge in [-0.1, -0.05) is 62.6 Å². The van der Waals surface area contributed by atoms with E-state index in [1.165, 1.54) is 12.8 Å². The molecule has 1 fully saturated rings. The Bertz CT molecular complexity index is 974. The van der Waals surface area contributed by atoms with Crippen molar-refractivity contribution in [2.75, 3.05) is 5.73 Å². The SMILES string of the molecule is CC(C)(C)[S-](=O)=CNC(CCC1CC1)(c1ccc(C#N)cc1)c1cccc(N)c1. The van der Waals surface area contributed by atoms with Crippen molar-refractivity contribution in [2.45, 2.75) is 56.7 Å². The molecule has 0 spiro atoms. The number of nitrogens with two attached hydrogens (primary N) is 1. The fraction of sp³-hybridized carbons (Fsp3) is 0.417. The molecule has 0 heterocycles. The smallest absolute Gasteiger partial charge is 0.0991 e. The van der Waals surface area contributed by atoms with Crippen LogP contribution < -0.4 is 11.1 Å². The summed E-state index contributed by atoms with van der Waals surface area (Å²) in [5, 5.41) is 12.8. The first-order valence-corrected chi connectivity index (χ1v) is 11.3. The zero-order valence-electron chi connectivity index (χ0n) is 17.4.